The molecule has 0 saturated heterocycles. The SMILES string of the molecule is Cc1n[nH]c(C)c1S(=O)(=O)Nc1c(N)cc(Br)cc1Br. The number of aromatic nitrogens is 2. The molecule has 0 bridgehead atoms. The third kappa shape index (κ3) is 2.84. The van der Waals surface area contributed by atoms with E-state index in [0.717, 1.165) is 4.47 Å². The number of anilines is 2. The highest BCUT2D eigenvalue weighted by atomic mass is 79.9. The van der Waals surface area contributed by atoms with Crippen molar-refractivity contribution >= 4 is 53.3 Å². The first-order valence-corrected chi connectivity index (χ1v) is 8.58. The highest BCUT2D eigenvalue weighted by molar-refractivity contribution is 9.11. The number of sulfonamides is 1. The number of nitrogens with zero attached hydrogens (tertiary/aromatic N) is 1. The van der Waals surface area contributed by atoms with Crippen LogP contribution in [0.3, 0.4) is 0 Å². The summed E-state index contributed by atoms with van der Waals surface area (Å²) in [6, 6.07) is 3.33. The molecular weight excluding hydrogens is 412 g/mol. The molecule has 2 rings (SSSR count). The Morgan fingerprint density at radius 3 is 2.45 bits per heavy atom. The molecule has 0 unspecified atom stereocenters. The minimum absolute atomic E-state index is 0.131. The number of nitrogens with two attached hydrogens (primary N) is 1. The summed E-state index contributed by atoms with van der Waals surface area (Å²) in [4.78, 5) is 0.131. The lowest BCUT2D eigenvalue weighted by Gasteiger charge is -2.12. The Hall–Kier alpha value is -1.06. The van der Waals surface area contributed by atoms with E-state index in [4.69, 9.17) is 5.73 Å². The molecule has 1 aromatic heterocycles. The lowest BCUT2D eigenvalue weighted by molar-refractivity contribution is 0.600. The van der Waals surface area contributed by atoms with E-state index in [2.05, 4.69) is 46.8 Å². The van der Waals surface area contributed by atoms with Gasteiger partial charge in [0.1, 0.15) is 4.90 Å². The highest BCUT2D eigenvalue weighted by Gasteiger charge is 2.24. The van der Waals surface area contributed by atoms with Crippen LogP contribution >= 0.6 is 31.9 Å². The molecule has 4 N–H and O–H groups in total. The molecule has 0 radical (unpaired) electrons. The number of aryl methyl sites for hydroxylation is 2. The van der Waals surface area contributed by atoms with Crippen molar-refractivity contribution in [3.8, 4) is 0 Å². The van der Waals surface area contributed by atoms with Crippen molar-refractivity contribution in [1.82, 2.24) is 10.2 Å². The molecule has 0 saturated carbocycles. The van der Waals surface area contributed by atoms with Crippen LogP contribution in [0.1, 0.15) is 11.4 Å². The van der Waals surface area contributed by atoms with E-state index in [0.29, 0.717) is 27.2 Å². The number of aromatic amines is 1. The number of rotatable bonds is 3. The second-order valence-electron chi connectivity index (χ2n) is 4.22. The molecule has 0 aliphatic heterocycles. The van der Waals surface area contributed by atoms with E-state index in [1.807, 2.05) is 0 Å². The Morgan fingerprint density at radius 2 is 1.95 bits per heavy atom. The maximum atomic E-state index is 12.4. The van der Waals surface area contributed by atoms with Crippen LogP contribution in [0.2, 0.25) is 0 Å². The summed E-state index contributed by atoms with van der Waals surface area (Å²) in [5.74, 6) is 0. The van der Waals surface area contributed by atoms with Crippen LogP contribution in [0.5, 0.6) is 0 Å². The molecule has 0 aliphatic rings. The Labute approximate surface area is 133 Å². The van der Waals surface area contributed by atoms with Crippen LogP contribution in [0, 0.1) is 13.8 Å². The molecule has 1 heterocycles. The van der Waals surface area contributed by atoms with Crippen molar-refractivity contribution in [2.75, 3.05) is 10.5 Å². The molecule has 6 nitrogen and oxygen atoms in total. The fourth-order valence-electron chi connectivity index (χ4n) is 1.82. The third-order valence-corrected chi connectivity index (χ3v) is 5.35. The van der Waals surface area contributed by atoms with Gasteiger partial charge in [0.15, 0.2) is 0 Å². The van der Waals surface area contributed by atoms with E-state index in [1.54, 1.807) is 26.0 Å². The van der Waals surface area contributed by atoms with Gasteiger partial charge in [-0.1, -0.05) is 15.9 Å². The summed E-state index contributed by atoms with van der Waals surface area (Å²) in [5.41, 5.74) is 7.34. The van der Waals surface area contributed by atoms with Gasteiger partial charge >= 0.3 is 0 Å². The number of H-pyrrole nitrogens is 1. The Kier molecular flexibility index (Phi) is 4.12. The summed E-state index contributed by atoms with van der Waals surface area (Å²) >= 11 is 6.58. The van der Waals surface area contributed by atoms with Crippen LogP contribution in [-0.2, 0) is 10.0 Å². The topological polar surface area (TPSA) is 101 Å². The van der Waals surface area contributed by atoms with Crippen molar-refractivity contribution in [3.05, 3.63) is 32.5 Å². The molecule has 20 heavy (non-hydrogen) atoms. The van der Waals surface area contributed by atoms with Crippen molar-refractivity contribution in [2.45, 2.75) is 18.7 Å². The monoisotopic (exact) mass is 422 g/mol. The number of benzene rings is 1. The molecule has 1 aromatic carbocycles. The number of hydrogen-bond acceptors (Lipinski definition) is 4. The average Bonchev–Trinajstić information content (AvgIpc) is 2.64. The van der Waals surface area contributed by atoms with Crippen LogP contribution in [0.4, 0.5) is 11.4 Å². The number of hydrogen-bond donors (Lipinski definition) is 3. The van der Waals surface area contributed by atoms with Gasteiger partial charge in [-0.2, -0.15) is 5.10 Å². The zero-order valence-electron chi connectivity index (χ0n) is 10.7. The second-order valence-corrected chi connectivity index (χ2v) is 7.61. The quantitative estimate of drug-likeness (QED) is 0.660. The maximum Gasteiger partial charge on any atom is 0.265 e. The Balaban J connectivity index is 2.50. The standard InChI is InChI=1S/C11H12Br2N4O2S/c1-5-11(6(2)16-15-5)20(18,19)17-10-8(13)3-7(12)4-9(10)14/h3-4,17H,14H2,1-2H3,(H,15,16). The van der Waals surface area contributed by atoms with Gasteiger partial charge in [0.25, 0.3) is 10.0 Å². The first-order valence-electron chi connectivity index (χ1n) is 5.51. The normalized spacial score (nSPS) is 11.6. The van der Waals surface area contributed by atoms with Gasteiger partial charge in [-0.25, -0.2) is 8.42 Å². The van der Waals surface area contributed by atoms with Gasteiger partial charge in [-0.05, 0) is 41.9 Å². The molecule has 0 aliphatic carbocycles. The van der Waals surface area contributed by atoms with Crippen LogP contribution < -0.4 is 10.5 Å². The summed E-state index contributed by atoms with van der Waals surface area (Å²) in [5, 5.41) is 6.54. The second kappa shape index (κ2) is 5.38. The summed E-state index contributed by atoms with van der Waals surface area (Å²) in [6.07, 6.45) is 0. The first kappa shape index (κ1) is 15.3. The molecule has 0 spiro atoms. The van der Waals surface area contributed by atoms with E-state index in [1.165, 1.54) is 0 Å². The Bertz CT molecular complexity index is 728. The zero-order chi connectivity index (χ0) is 15.1. The minimum atomic E-state index is -3.76. The predicted molar refractivity (Wildman–Crippen MR) is 85.1 cm³/mol. The van der Waals surface area contributed by atoms with Crippen molar-refractivity contribution in [1.29, 1.82) is 0 Å². The molecule has 0 amide bonds. The summed E-state index contributed by atoms with van der Waals surface area (Å²) < 4.78 is 28.7. The van der Waals surface area contributed by atoms with E-state index >= 15 is 0 Å². The first-order chi connectivity index (χ1) is 9.22. The van der Waals surface area contributed by atoms with E-state index in [9.17, 15) is 8.42 Å². The van der Waals surface area contributed by atoms with Gasteiger partial charge in [-0.15, -0.1) is 0 Å². The molecule has 0 atom stereocenters. The van der Waals surface area contributed by atoms with Crippen molar-refractivity contribution in [3.63, 3.8) is 0 Å². The number of nitrogen functional groups attached to an aromatic ring is 1. The molecule has 2 aromatic rings. The Morgan fingerprint density at radius 1 is 1.30 bits per heavy atom. The van der Waals surface area contributed by atoms with Gasteiger partial charge in [0.05, 0.1) is 22.8 Å². The molecule has 9 heteroatoms. The average molecular weight is 424 g/mol. The van der Waals surface area contributed by atoms with Gasteiger partial charge in [-0.3, -0.25) is 9.82 Å². The van der Waals surface area contributed by atoms with Crippen LogP contribution in [-0.4, -0.2) is 18.6 Å². The highest BCUT2D eigenvalue weighted by Crippen LogP contribution is 2.34. The number of halogens is 2. The lowest BCUT2D eigenvalue weighted by Crippen LogP contribution is -2.16. The van der Waals surface area contributed by atoms with Gasteiger partial charge in [0, 0.05) is 8.95 Å². The zero-order valence-corrected chi connectivity index (χ0v) is 14.6. The number of nitrogens with one attached hydrogen (secondary N) is 2. The maximum absolute atomic E-state index is 12.4. The summed E-state index contributed by atoms with van der Waals surface area (Å²) in [7, 11) is -3.76. The largest absolute Gasteiger partial charge is 0.397 e. The predicted octanol–water partition coefficient (Wildman–Crippen LogP) is 2.93. The van der Waals surface area contributed by atoms with Crippen molar-refractivity contribution in [2.24, 2.45) is 0 Å². The van der Waals surface area contributed by atoms with Crippen molar-refractivity contribution < 1.29 is 8.42 Å². The molecular formula is C11H12Br2N4O2S. The smallest absolute Gasteiger partial charge is 0.265 e. The lowest BCUT2D eigenvalue weighted by atomic mass is 10.3. The minimum Gasteiger partial charge on any atom is -0.397 e. The van der Waals surface area contributed by atoms with Crippen LogP contribution in [0.25, 0.3) is 0 Å². The van der Waals surface area contributed by atoms with Gasteiger partial charge in [0.2, 0.25) is 0 Å². The third-order valence-electron chi connectivity index (χ3n) is 2.65. The van der Waals surface area contributed by atoms with Crippen LogP contribution in [0.15, 0.2) is 26.0 Å². The van der Waals surface area contributed by atoms with E-state index < -0.39 is 10.0 Å². The molecule has 108 valence electrons. The molecule has 0 fully saturated rings. The van der Waals surface area contributed by atoms with Gasteiger partial charge < -0.3 is 5.73 Å². The fourth-order valence-corrected chi connectivity index (χ4v) is 4.79. The van der Waals surface area contributed by atoms with E-state index in [-0.39, 0.29) is 4.90 Å². The summed E-state index contributed by atoms with van der Waals surface area (Å²) in [6.45, 7) is 3.27. The fraction of sp³-hybridized carbons (Fsp3) is 0.182.